The minimum absolute atomic E-state index is 0.228. The average molecular weight is 282 g/mol. The lowest BCUT2D eigenvalue weighted by Gasteiger charge is -2.11. The molecule has 2 aromatic carbocycles. The molecule has 0 unspecified atom stereocenters. The fraction of sp³-hybridized carbons (Fsp3) is 0.143. The van der Waals surface area contributed by atoms with Crippen LogP contribution in [0.3, 0.4) is 0 Å². The Morgan fingerprint density at radius 2 is 1.72 bits per heavy atom. The first-order valence-corrected chi connectivity index (χ1v) is 6.29. The minimum Gasteiger partial charge on any atom is -0.508 e. The first kappa shape index (κ1) is 13.1. The van der Waals surface area contributed by atoms with Gasteiger partial charge in [0, 0.05) is 27.8 Å². The molecule has 2 N–H and O–H groups in total. The molecule has 0 saturated carbocycles. The second-order valence-electron chi connectivity index (χ2n) is 4.09. The third-order valence-electron chi connectivity index (χ3n) is 2.71. The number of hydrogen-bond donors (Lipinski definition) is 2. The van der Waals surface area contributed by atoms with Crippen molar-refractivity contribution in [3.63, 3.8) is 0 Å². The van der Waals surface area contributed by atoms with Crippen LogP contribution in [0.1, 0.15) is 11.1 Å². The minimum atomic E-state index is 0.228. The molecule has 0 radical (unpaired) electrons. The van der Waals surface area contributed by atoms with Crippen molar-refractivity contribution in [2.75, 3.05) is 5.32 Å². The fourth-order valence-corrected chi connectivity index (χ4v) is 2.04. The SMILES string of the molecule is Cc1ccc(Cl)cc1NCc1cc(Cl)ccc1O. The van der Waals surface area contributed by atoms with Crippen LogP contribution in [-0.4, -0.2) is 5.11 Å². The predicted octanol–water partition coefficient (Wildman–Crippen LogP) is 4.62. The summed E-state index contributed by atoms with van der Waals surface area (Å²) < 4.78 is 0. The monoisotopic (exact) mass is 281 g/mol. The van der Waals surface area contributed by atoms with Crippen molar-refractivity contribution in [2.45, 2.75) is 13.5 Å². The highest BCUT2D eigenvalue weighted by molar-refractivity contribution is 6.31. The highest BCUT2D eigenvalue weighted by atomic mass is 35.5. The van der Waals surface area contributed by atoms with E-state index >= 15 is 0 Å². The van der Waals surface area contributed by atoms with E-state index in [9.17, 15) is 5.11 Å². The first-order chi connectivity index (χ1) is 8.56. The Kier molecular flexibility index (Phi) is 4.00. The van der Waals surface area contributed by atoms with Crippen LogP contribution < -0.4 is 5.32 Å². The van der Waals surface area contributed by atoms with Crippen molar-refractivity contribution in [1.82, 2.24) is 0 Å². The van der Waals surface area contributed by atoms with Gasteiger partial charge in [-0.2, -0.15) is 0 Å². The second kappa shape index (κ2) is 5.51. The molecule has 0 bridgehead atoms. The number of rotatable bonds is 3. The van der Waals surface area contributed by atoms with Crippen LogP contribution in [-0.2, 0) is 6.54 Å². The molecule has 2 rings (SSSR count). The molecule has 2 nitrogen and oxygen atoms in total. The molecule has 2 aromatic rings. The zero-order valence-corrected chi connectivity index (χ0v) is 11.4. The molecular weight excluding hydrogens is 269 g/mol. The number of aromatic hydroxyl groups is 1. The zero-order valence-electron chi connectivity index (χ0n) is 9.87. The number of aryl methyl sites for hydroxylation is 1. The van der Waals surface area contributed by atoms with Gasteiger partial charge in [0.2, 0.25) is 0 Å². The normalized spacial score (nSPS) is 10.4. The summed E-state index contributed by atoms with van der Waals surface area (Å²) in [4.78, 5) is 0. The fourth-order valence-electron chi connectivity index (χ4n) is 1.67. The van der Waals surface area contributed by atoms with Gasteiger partial charge in [0.05, 0.1) is 0 Å². The van der Waals surface area contributed by atoms with Crippen LogP contribution in [0.5, 0.6) is 5.75 Å². The predicted molar refractivity (Wildman–Crippen MR) is 76.6 cm³/mol. The van der Waals surface area contributed by atoms with Gasteiger partial charge in [-0.05, 0) is 42.8 Å². The van der Waals surface area contributed by atoms with Crippen LogP contribution in [0.4, 0.5) is 5.69 Å². The Morgan fingerprint density at radius 3 is 2.50 bits per heavy atom. The van der Waals surface area contributed by atoms with Crippen molar-refractivity contribution in [3.05, 3.63) is 57.6 Å². The number of phenolic OH excluding ortho intramolecular Hbond substituents is 1. The summed E-state index contributed by atoms with van der Waals surface area (Å²) in [6, 6.07) is 10.6. The first-order valence-electron chi connectivity index (χ1n) is 5.53. The Bertz CT molecular complexity index is 518. The van der Waals surface area contributed by atoms with Gasteiger partial charge in [-0.1, -0.05) is 29.3 Å². The Hall–Kier alpha value is -1.38. The largest absolute Gasteiger partial charge is 0.508 e. The quantitative estimate of drug-likeness (QED) is 0.861. The van der Waals surface area contributed by atoms with Crippen molar-refractivity contribution in [2.24, 2.45) is 0 Å². The second-order valence-corrected chi connectivity index (χ2v) is 4.96. The van der Waals surface area contributed by atoms with E-state index in [0.29, 0.717) is 16.6 Å². The molecule has 0 amide bonds. The van der Waals surface area contributed by atoms with Gasteiger partial charge in [0.15, 0.2) is 0 Å². The van der Waals surface area contributed by atoms with Gasteiger partial charge in [0.1, 0.15) is 5.75 Å². The van der Waals surface area contributed by atoms with E-state index in [1.807, 2.05) is 25.1 Å². The van der Waals surface area contributed by atoms with Gasteiger partial charge in [-0.25, -0.2) is 0 Å². The lowest BCUT2D eigenvalue weighted by Crippen LogP contribution is -2.01. The van der Waals surface area contributed by atoms with E-state index < -0.39 is 0 Å². The van der Waals surface area contributed by atoms with Crippen molar-refractivity contribution in [3.8, 4) is 5.75 Å². The van der Waals surface area contributed by atoms with Gasteiger partial charge in [0.25, 0.3) is 0 Å². The third-order valence-corrected chi connectivity index (χ3v) is 3.18. The standard InChI is InChI=1S/C14H13Cl2NO/c1-9-2-3-12(16)7-13(9)17-8-10-6-11(15)4-5-14(10)18/h2-7,17-18H,8H2,1H3. The summed E-state index contributed by atoms with van der Waals surface area (Å²) >= 11 is 11.8. The van der Waals surface area contributed by atoms with E-state index in [0.717, 1.165) is 16.8 Å². The van der Waals surface area contributed by atoms with E-state index in [4.69, 9.17) is 23.2 Å². The Labute approximate surface area is 116 Å². The highest BCUT2D eigenvalue weighted by Crippen LogP contribution is 2.24. The highest BCUT2D eigenvalue weighted by Gasteiger charge is 2.04. The number of anilines is 1. The smallest absolute Gasteiger partial charge is 0.120 e. The van der Waals surface area contributed by atoms with Crippen LogP contribution >= 0.6 is 23.2 Å². The summed E-state index contributed by atoms with van der Waals surface area (Å²) in [5.74, 6) is 0.228. The maximum atomic E-state index is 9.71. The number of halogens is 2. The van der Waals surface area contributed by atoms with E-state index in [1.54, 1.807) is 18.2 Å². The zero-order chi connectivity index (χ0) is 13.1. The van der Waals surface area contributed by atoms with Crippen LogP contribution in [0, 0.1) is 6.92 Å². The summed E-state index contributed by atoms with van der Waals surface area (Å²) in [5.41, 5.74) is 2.80. The summed E-state index contributed by atoms with van der Waals surface area (Å²) in [5, 5.41) is 14.2. The number of phenols is 1. The third kappa shape index (κ3) is 3.09. The van der Waals surface area contributed by atoms with E-state index in [2.05, 4.69) is 5.32 Å². The molecule has 0 aliphatic heterocycles. The average Bonchev–Trinajstić information content (AvgIpc) is 2.34. The van der Waals surface area contributed by atoms with Gasteiger partial charge < -0.3 is 10.4 Å². The molecule has 0 saturated heterocycles. The van der Waals surface area contributed by atoms with Crippen molar-refractivity contribution >= 4 is 28.9 Å². The molecule has 18 heavy (non-hydrogen) atoms. The van der Waals surface area contributed by atoms with Gasteiger partial charge >= 0.3 is 0 Å². The topological polar surface area (TPSA) is 32.3 Å². The molecule has 0 spiro atoms. The molecular formula is C14H13Cl2NO. The Balaban J connectivity index is 2.16. The molecule has 94 valence electrons. The molecule has 4 heteroatoms. The van der Waals surface area contributed by atoms with Crippen LogP contribution in [0.2, 0.25) is 10.0 Å². The number of hydrogen-bond acceptors (Lipinski definition) is 2. The molecule has 0 aliphatic rings. The maximum absolute atomic E-state index is 9.71. The molecule has 0 aromatic heterocycles. The molecule has 0 heterocycles. The number of nitrogens with one attached hydrogen (secondary N) is 1. The van der Waals surface area contributed by atoms with Gasteiger partial charge in [-0.3, -0.25) is 0 Å². The lowest BCUT2D eigenvalue weighted by atomic mass is 10.1. The van der Waals surface area contributed by atoms with E-state index in [1.165, 1.54) is 0 Å². The summed E-state index contributed by atoms with van der Waals surface area (Å²) in [6.07, 6.45) is 0. The molecule has 0 aliphatic carbocycles. The lowest BCUT2D eigenvalue weighted by molar-refractivity contribution is 0.469. The van der Waals surface area contributed by atoms with E-state index in [-0.39, 0.29) is 5.75 Å². The van der Waals surface area contributed by atoms with Crippen molar-refractivity contribution < 1.29 is 5.11 Å². The van der Waals surface area contributed by atoms with Crippen LogP contribution in [0.25, 0.3) is 0 Å². The maximum Gasteiger partial charge on any atom is 0.120 e. The summed E-state index contributed by atoms with van der Waals surface area (Å²) in [7, 11) is 0. The van der Waals surface area contributed by atoms with Gasteiger partial charge in [-0.15, -0.1) is 0 Å². The van der Waals surface area contributed by atoms with Crippen LogP contribution in [0.15, 0.2) is 36.4 Å². The summed E-state index contributed by atoms with van der Waals surface area (Å²) in [6.45, 7) is 2.49. The molecule has 0 fully saturated rings. The molecule has 0 atom stereocenters. The Morgan fingerprint density at radius 1 is 1.06 bits per heavy atom. The number of benzene rings is 2. The van der Waals surface area contributed by atoms with Crippen molar-refractivity contribution in [1.29, 1.82) is 0 Å².